The molecule has 4 aromatic carbocycles. The number of rotatable bonds is 5. The van der Waals surface area contributed by atoms with Crippen LogP contribution in [0.2, 0.25) is 0 Å². The normalized spacial score (nSPS) is 11.3. The molecular formula is C30H26N2O. The molecule has 0 fully saturated rings. The molecule has 0 aliphatic rings. The molecule has 0 aromatic heterocycles. The van der Waals surface area contributed by atoms with Gasteiger partial charge in [0.05, 0.1) is 0 Å². The van der Waals surface area contributed by atoms with Crippen LogP contribution >= 0.6 is 0 Å². The molecule has 162 valence electrons. The van der Waals surface area contributed by atoms with Gasteiger partial charge in [0.15, 0.2) is 0 Å². The molecule has 1 N–H and O–H groups in total. The van der Waals surface area contributed by atoms with Crippen LogP contribution in [0.3, 0.4) is 0 Å². The highest BCUT2D eigenvalue weighted by atomic mass is 16.1. The van der Waals surface area contributed by atoms with Crippen molar-refractivity contribution in [3.63, 3.8) is 0 Å². The summed E-state index contributed by atoms with van der Waals surface area (Å²) in [5.74, 6) is -0.409. The van der Waals surface area contributed by atoms with E-state index in [-0.39, 0.29) is 5.57 Å². The van der Waals surface area contributed by atoms with Crippen molar-refractivity contribution in [2.45, 2.75) is 27.2 Å². The van der Waals surface area contributed by atoms with Gasteiger partial charge in [0, 0.05) is 5.69 Å². The minimum atomic E-state index is -0.409. The van der Waals surface area contributed by atoms with Crippen molar-refractivity contribution in [3.8, 4) is 6.07 Å². The molecule has 4 rings (SSSR count). The smallest absolute Gasteiger partial charge is 0.266 e. The minimum absolute atomic E-state index is 0.0783. The Hall–Kier alpha value is -4.16. The fourth-order valence-corrected chi connectivity index (χ4v) is 4.27. The first kappa shape index (κ1) is 22.0. The van der Waals surface area contributed by atoms with Crippen LogP contribution in [0.5, 0.6) is 0 Å². The molecule has 3 nitrogen and oxygen atoms in total. The van der Waals surface area contributed by atoms with Crippen LogP contribution < -0.4 is 5.32 Å². The fourth-order valence-electron chi connectivity index (χ4n) is 4.27. The van der Waals surface area contributed by atoms with E-state index in [4.69, 9.17) is 0 Å². The van der Waals surface area contributed by atoms with Crippen LogP contribution in [0.25, 0.3) is 16.8 Å². The van der Waals surface area contributed by atoms with E-state index in [1.807, 2.05) is 55.5 Å². The van der Waals surface area contributed by atoms with Gasteiger partial charge >= 0.3 is 0 Å². The van der Waals surface area contributed by atoms with Crippen LogP contribution in [0.1, 0.15) is 33.4 Å². The van der Waals surface area contributed by atoms with Crippen LogP contribution in [0.4, 0.5) is 5.69 Å². The molecule has 0 aliphatic carbocycles. The van der Waals surface area contributed by atoms with Crippen LogP contribution in [-0.4, -0.2) is 5.91 Å². The molecule has 0 saturated heterocycles. The Labute approximate surface area is 195 Å². The Morgan fingerprint density at radius 2 is 1.64 bits per heavy atom. The zero-order chi connectivity index (χ0) is 23.4. The molecule has 4 aromatic rings. The molecule has 0 atom stereocenters. The van der Waals surface area contributed by atoms with Crippen molar-refractivity contribution in [2.24, 2.45) is 0 Å². The minimum Gasteiger partial charge on any atom is -0.321 e. The largest absolute Gasteiger partial charge is 0.321 e. The van der Waals surface area contributed by atoms with E-state index >= 15 is 0 Å². The average Bonchev–Trinajstić information content (AvgIpc) is 2.77. The van der Waals surface area contributed by atoms with Crippen molar-refractivity contribution in [1.82, 2.24) is 0 Å². The predicted molar refractivity (Wildman–Crippen MR) is 136 cm³/mol. The first-order valence-corrected chi connectivity index (χ1v) is 11.0. The number of hydrogen-bond acceptors (Lipinski definition) is 2. The summed E-state index contributed by atoms with van der Waals surface area (Å²) in [4.78, 5) is 13.0. The SMILES string of the molecule is Cc1cc(C)cc(Cc2ccc3ccccc3c2/C=C(\C#N)C(=O)Nc2cccc(C)c2)c1. The second-order valence-electron chi connectivity index (χ2n) is 8.53. The molecule has 0 radical (unpaired) electrons. The molecule has 3 heteroatoms. The summed E-state index contributed by atoms with van der Waals surface area (Å²) < 4.78 is 0. The topological polar surface area (TPSA) is 52.9 Å². The van der Waals surface area contributed by atoms with Gasteiger partial charge in [-0.15, -0.1) is 0 Å². The number of carbonyl (C=O) groups is 1. The standard InChI is InChI=1S/C30H26N2O/c1-20-7-6-9-27(16-20)32-30(33)26(19-31)18-29-25(12-11-24-8-4-5-10-28(24)29)17-23-14-21(2)13-22(3)15-23/h4-16,18H,17H2,1-3H3,(H,32,33)/b26-18+. The zero-order valence-electron chi connectivity index (χ0n) is 19.1. The van der Waals surface area contributed by atoms with Crippen molar-refractivity contribution < 1.29 is 4.79 Å². The first-order valence-electron chi connectivity index (χ1n) is 11.0. The Morgan fingerprint density at radius 3 is 2.36 bits per heavy atom. The van der Waals surface area contributed by atoms with E-state index in [9.17, 15) is 10.1 Å². The van der Waals surface area contributed by atoms with E-state index in [1.165, 1.54) is 16.7 Å². The lowest BCUT2D eigenvalue weighted by atomic mass is 9.92. The molecule has 33 heavy (non-hydrogen) atoms. The van der Waals surface area contributed by atoms with E-state index < -0.39 is 5.91 Å². The van der Waals surface area contributed by atoms with Gasteiger partial charge in [-0.1, -0.05) is 77.9 Å². The Morgan fingerprint density at radius 1 is 0.879 bits per heavy atom. The first-order chi connectivity index (χ1) is 15.9. The number of amides is 1. The maximum atomic E-state index is 13.0. The van der Waals surface area contributed by atoms with E-state index in [0.29, 0.717) is 5.69 Å². The lowest BCUT2D eigenvalue weighted by Crippen LogP contribution is -2.13. The highest BCUT2D eigenvalue weighted by Crippen LogP contribution is 2.28. The number of nitrogens with one attached hydrogen (secondary N) is 1. The number of benzene rings is 4. The average molecular weight is 431 g/mol. The molecule has 0 unspecified atom stereocenters. The molecular weight excluding hydrogens is 404 g/mol. The third-order valence-corrected chi connectivity index (χ3v) is 5.67. The van der Waals surface area contributed by atoms with E-state index in [0.717, 1.165) is 33.9 Å². The van der Waals surface area contributed by atoms with Crippen LogP contribution in [-0.2, 0) is 11.2 Å². The monoisotopic (exact) mass is 430 g/mol. The van der Waals surface area contributed by atoms with Gasteiger partial charge in [-0.05, 0) is 78.4 Å². The Kier molecular flexibility index (Phi) is 6.38. The van der Waals surface area contributed by atoms with Gasteiger partial charge in [0.1, 0.15) is 11.6 Å². The summed E-state index contributed by atoms with van der Waals surface area (Å²) in [7, 11) is 0. The van der Waals surface area contributed by atoms with Crippen molar-refractivity contribution in [3.05, 3.63) is 118 Å². The molecule has 0 spiro atoms. The number of nitriles is 1. The fraction of sp³-hybridized carbons (Fsp3) is 0.133. The Balaban J connectivity index is 1.78. The third-order valence-electron chi connectivity index (χ3n) is 5.67. The van der Waals surface area contributed by atoms with Crippen molar-refractivity contribution in [2.75, 3.05) is 5.32 Å². The van der Waals surface area contributed by atoms with Gasteiger partial charge in [0.2, 0.25) is 0 Å². The number of carbonyl (C=O) groups excluding carboxylic acids is 1. The lowest BCUT2D eigenvalue weighted by molar-refractivity contribution is -0.112. The van der Waals surface area contributed by atoms with Crippen LogP contribution in [0.15, 0.2) is 84.4 Å². The Bertz CT molecular complexity index is 1400. The number of hydrogen-bond donors (Lipinski definition) is 1. The number of nitrogens with zero attached hydrogens (tertiary/aromatic N) is 1. The molecule has 0 bridgehead atoms. The number of fused-ring (bicyclic) bond motifs is 1. The zero-order valence-corrected chi connectivity index (χ0v) is 19.1. The highest BCUT2D eigenvalue weighted by Gasteiger charge is 2.14. The van der Waals surface area contributed by atoms with E-state index in [2.05, 4.69) is 55.6 Å². The second-order valence-corrected chi connectivity index (χ2v) is 8.53. The summed E-state index contributed by atoms with van der Waals surface area (Å²) in [6.07, 6.45) is 2.45. The predicted octanol–water partition coefficient (Wildman–Crippen LogP) is 6.90. The second kappa shape index (κ2) is 9.54. The molecule has 0 aliphatic heterocycles. The number of anilines is 1. The highest BCUT2D eigenvalue weighted by molar-refractivity contribution is 6.11. The molecule has 0 saturated carbocycles. The maximum absolute atomic E-state index is 13.0. The van der Waals surface area contributed by atoms with Gasteiger partial charge in [-0.3, -0.25) is 4.79 Å². The van der Waals surface area contributed by atoms with Gasteiger partial charge in [0.25, 0.3) is 5.91 Å². The summed E-state index contributed by atoms with van der Waals surface area (Å²) in [5, 5.41) is 14.8. The van der Waals surface area contributed by atoms with E-state index in [1.54, 1.807) is 6.08 Å². The van der Waals surface area contributed by atoms with Gasteiger partial charge in [-0.2, -0.15) is 5.26 Å². The maximum Gasteiger partial charge on any atom is 0.266 e. The van der Waals surface area contributed by atoms with Gasteiger partial charge < -0.3 is 5.32 Å². The summed E-state index contributed by atoms with van der Waals surface area (Å²) >= 11 is 0. The molecule has 0 heterocycles. The van der Waals surface area contributed by atoms with Crippen molar-refractivity contribution >= 4 is 28.4 Å². The molecule has 1 amide bonds. The third kappa shape index (κ3) is 5.19. The summed E-state index contributed by atoms with van der Waals surface area (Å²) in [6.45, 7) is 6.16. The van der Waals surface area contributed by atoms with Gasteiger partial charge in [-0.25, -0.2) is 0 Å². The summed E-state index contributed by atoms with van der Waals surface area (Å²) in [5.41, 5.74) is 7.43. The number of aryl methyl sites for hydroxylation is 3. The van der Waals surface area contributed by atoms with Crippen LogP contribution in [0, 0.1) is 32.1 Å². The summed E-state index contributed by atoms with van der Waals surface area (Å²) in [6, 6.07) is 28.5. The van der Waals surface area contributed by atoms with Crippen molar-refractivity contribution in [1.29, 1.82) is 5.26 Å². The lowest BCUT2D eigenvalue weighted by Gasteiger charge is -2.13. The quantitative estimate of drug-likeness (QED) is 0.276.